The minimum absolute atomic E-state index is 0.144. The molecule has 188 valence electrons. The van der Waals surface area contributed by atoms with Crippen molar-refractivity contribution in [3.63, 3.8) is 0 Å². The van der Waals surface area contributed by atoms with Gasteiger partial charge in [0.1, 0.15) is 0 Å². The van der Waals surface area contributed by atoms with Crippen LogP contribution in [0, 0.1) is 23.2 Å². The Morgan fingerprint density at radius 1 is 0.806 bits per heavy atom. The van der Waals surface area contributed by atoms with E-state index in [9.17, 15) is 14.4 Å². The van der Waals surface area contributed by atoms with Gasteiger partial charge in [0.05, 0.1) is 0 Å². The van der Waals surface area contributed by atoms with Crippen LogP contribution in [-0.4, -0.2) is 24.4 Å². The number of nitrogens with one attached hydrogen (secondary N) is 4. The molecule has 2 aromatic rings. The maximum Gasteiger partial charge on any atom is 0.319 e. The van der Waals surface area contributed by atoms with E-state index in [2.05, 4.69) is 27.8 Å². The van der Waals surface area contributed by atoms with Crippen molar-refractivity contribution >= 4 is 29.2 Å². The van der Waals surface area contributed by atoms with Gasteiger partial charge >= 0.3 is 6.03 Å². The molecule has 4 amide bonds. The predicted molar refractivity (Wildman–Crippen MR) is 141 cm³/mol. The van der Waals surface area contributed by atoms with Gasteiger partial charge in [-0.2, -0.15) is 0 Å². The first-order valence-electron chi connectivity index (χ1n) is 12.9. The lowest BCUT2D eigenvalue weighted by Gasteiger charge is -2.55. The summed E-state index contributed by atoms with van der Waals surface area (Å²) in [5, 5.41) is 11.4. The molecule has 4 saturated carbocycles. The van der Waals surface area contributed by atoms with Crippen LogP contribution in [-0.2, 0) is 11.3 Å². The van der Waals surface area contributed by atoms with Crippen LogP contribution in [0.5, 0.6) is 0 Å². The van der Waals surface area contributed by atoms with Gasteiger partial charge in [-0.3, -0.25) is 9.59 Å². The van der Waals surface area contributed by atoms with Crippen LogP contribution in [0.25, 0.3) is 0 Å². The third kappa shape index (κ3) is 5.30. The summed E-state index contributed by atoms with van der Waals surface area (Å²) in [6, 6.07) is 13.9. The molecule has 7 nitrogen and oxygen atoms in total. The lowest BCUT2D eigenvalue weighted by Crippen LogP contribution is -2.53. The van der Waals surface area contributed by atoms with Crippen LogP contribution in [0.3, 0.4) is 0 Å². The average molecular weight is 487 g/mol. The predicted octanol–water partition coefficient (Wildman–Crippen LogP) is 5.08. The Hall–Kier alpha value is -3.61. The first-order chi connectivity index (χ1) is 17.4. The Labute approximate surface area is 212 Å². The summed E-state index contributed by atoms with van der Waals surface area (Å²) in [6.07, 6.45) is 8.75. The van der Waals surface area contributed by atoms with Gasteiger partial charge in [0.15, 0.2) is 0 Å². The highest BCUT2D eigenvalue weighted by atomic mass is 16.2. The molecule has 4 N–H and O–H groups in total. The number of rotatable bonds is 8. The van der Waals surface area contributed by atoms with Gasteiger partial charge in [0, 0.05) is 35.4 Å². The van der Waals surface area contributed by atoms with Crippen LogP contribution in [0.2, 0.25) is 0 Å². The smallest absolute Gasteiger partial charge is 0.319 e. The normalized spacial score (nSPS) is 25.6. The summed E-state index contributed by atoms with van der Waals surface area (Å²) >= 11 is 0. The topological polar surface area (TPSA) is 99.3 Å². The van der Waals surface area contributed by atoms with Crippen molar-refractivity contribution in [2.24, 2.45) is 23.2 Å². The van der Waals surface area contributed by atoms with Crippen molar-refractivity contribution < 1.29 is 14.4 Å². The number of carbonyl (C=O) groups is 3. The van der Waals surface area contributed by atoms with Crippen molar-refractivity contribution in [3.05, 3.63) is 72.3 Å². The number of anilines is 2. The molecule has 6 rings (SSSR count). The maximum atomic E-state index is 13.2. The Morgan fingerprint density at radius 3 is 1.92 bits per heavy atom. The highest BCUT2D eigenvalue weighted by Crippen LogP contribution is 2.60. The Bertz CT molecular complexity index is 1100. The Morgan fingerprint density at radius 2 is 1.36 bits per heavy atom. The standard InChI is InChI=1S/C29H34N4O3/c1-2-11-30-28(36)33-25-9-7-24(8-10-25)32-26(34)23-5-3-19(4-6-23)18-31-27(35)29-15-20-12-21(16-29)14-22(13-20)17-29/h2-10,20-22H,1,11-18H2,(H,31,35)(H,32,34)(H2,30,33,36). The third-order valence-corrected chi connectivity index (χ3v) is 8.00. The van der Waals surface area contributed by atoms with Crippen molar-refractivity contribution in [1.29, 1.82) is 0 Å². The zero-order valence-electron chi connectivity index (χ0n) is 20.5. The van der Waals surface area contributed by atoms with Crippen molar-refractivity contribution in [1.82, 2.24) is 10.6 Å². The second kappa shape index (κ2) is 10.2. The van der Waals surface area contributed by atoms with Crippen LogP contribution >= 0.6 is 0 Å². The van der Waals surface area contributed by atoms with Gasteiger partial charge in [0.2, 0.25) is 5.91 Å². The molecule has 0 aliphatic heterocycles. The molecule has 0 radical (unpaired) electrons. The lowest BCUT2D eigenvalue weighted by atomic mass is 9.49. The van der Waals surface area contributed by atoms with Crippen molar-refractivity contribution in [2.45, 2.75) is 45.1 Å². The molecular formula is C29H34N4O3. The first kappa shape index (κ1) is 24.1. The minimum Gasteiger partial charge on any atom is -0.352 e. The molecule has 4 fully saturated rings. The molecule has 0 saturated heterocycles. The highest BCUT2D eigenvalue weighted by Gasteiger charge is 2.54. The molecule has 4 bridgehead atoms. The Balaban J connectivity index is 1.11. The van der Waals surface area contributed by atoms with Crippen molar-refractivity contribution in [3.8, 4) is 0 Å². The fourth-order valence-electron chi connectivity index (χ4n) is 6.71. The number of hydrogen-bond acceptors (Lipinski definition) is 3. The molecular weight excluding hydrogens is 452 g/mol. The van der Waals surface area contributed by atoms with Crippen LogP contribution in [0.15, 0.2) is 61.2 Å². The molecule has 0 unspecified atom stereocenters. The zero-order valence-corrected chi connectivity index (χ0v) is 20.5. The van der Waals surface area contributed by atoms with Crippen LogP contribution in [0.1, 0.15) is 54.4 Å². The zero-order chi connectivity index (χ0) is 25.1. The molecule has 7 heteroatoms. The second-order valence-electron chi connectivity index (χ2n) is 10.7. The van der Waals surface area contributed by atoms with Gasteiger partial charge in [-0.25, -0.2) is 4.79 Å². The van der Waals surface area contributed by atoms with Crippen LogP contribution in [0.4, 0.5) is 16.2 Å². The molecule has 2 aromatic carbocycles. The van der Waals surface area contributed by atoms with E-state index in [0.29, 0.717) is 30.0 Å². The van der Waals surface area contributed by atoms with E-state index < -0.39 is 0 Å². The summed E-state index contributed by atoms with van der Waals surface area (Å²) in [5.41, 5.74) is 2.63. The lowest BCUT2D eigenvalue weighted by molar-refractivity contribution is -0.146. The molecule has 4 aliphatic carbocycles. The minimum atomic E-state index is -0.319. The number of amides is 4. The van der Waals surface area contributed by atoms with Gasteiger partial charge in [-0.15, -0.1) is 6.58 Å². The maximum absolute atomic E-state index is 13.2. The highest BCUT2D eigenvalue weighted by molar-refractivity contribution is 6.04. The van der Waals surface area contributed by atoms with E-state index in [-0.39, 0.29) is 23.3 Å². The molecule has 0 spiro atoms. The Kier molecular flexibility index (Phi) is 6.81. The monoisotopic (exact) mass is 486 g/mol. The molecule has 4 aliphatic rings. The summed E-state index contributed by atoms with van der Waals surface area (Å²) in [5.74, 6) is 2.24. The SMILES string of the molecule is C=CCNC(=O)Nc1ccc(NC(=O)c2ccc(CNC(=O)C34CC5CC(CC(C5)C3)C4)cc2)cc1. The fraction of sp³-hybridized carbons (Fsp3) is 0.414. The molecule has 0 aromatic heterocycles. The molecule has 0 heterocycles. The van der Waals surface area contributed by atoms with Gasteiger partial charge in [0.25, 0.3) is 5.91 Å². The van der Waals surface area contributed by atoms with E-state index in [1.54, 1.807) is 42.5 Å². The summed E-state index contributed by atoms with van der Waals surface area (Å²) in [4.78, 5) is 37.5. The summed E-state index contributed by atoms with van der Waals surface area (Å²) < 4.78 is 0. The van der Waals surface area contributed by atoms with E-state index in [0.717, 1.165) is 42.6 Å². The van der Waals surface area contributed by atoms with Gasteiger partial charge in [-0.05, 0) is 98.2 Å². The van der Waals surface area contributed by atoms with E-state index in [1.165, 1.54) is 19.3 Å². The first-order valence-corrected chi connectivity index (χ1v) is 12.9. The largest absolute Gasteiger partial charge is 0.352 e. The van der Waals surface area contributed by atoms with Crippen molar-refractivity contribution in [2.75, 3.05) is 17.2 Å². The quantitative estimate of drug-likeness (QED) is 0.392. The second-order valence-corrected chi connectivity index (χ2v) is 10.7. The van der Waals surface area contributed by atoms with Gasteiger partial charge < -0.3 is 21.3 Å². The number of benzene rings is 2. The van der Waals surface area contributed by atoms with Gasteiger partial charge in [-0.1, -0.05) is 18.2 Å². The average Bonchev–Trinajstić information content (AvgIpc) is 2.86. The third-order valence-electron chi connectivity index (χ3n) is 8.00. The summed E-state index contributed by atoms with van der Waals surface area (Å²) in [6.45, 7) is 4.42. The number of carbonyl (C=O) groups excluding carboxylic acids is 3. The van der Waals surface area contributed by atoms with E-state index in [4.69, 9.17) is 0 Å². The number of hydrogen-bond donors (Lipinski definition) is 4. The molecule has 0 atom stereocenters. The summed E-state index contributed by atoms with van der Waals surface area (Å²) in [7, 11) is 0. The van der Waals surface area contributed by atoms with E-state index >= 15 is 0 Å². The van der Waals surface area contributed by atoms with E-state index in [1.807, 2.05) is 12.1 Å². The molecule has 36 heavy (non-hydrogen) atoms. The fourth-order valence-corrected chi connectivity index (χ4v) is 6.71. The van der Waals surface area contributed by atoms with Crippen LogP contribution < -0.4 is 21.3 Å². The number of urea groups is 1.